The van der Waals surface area contributed by atoms with Gasteiger partial charge >= 0.3 is 0 Å². The molecule has 0 aromatic carbocycles. The number of aromatic nitrogens is 2. The summed E-state index contributed by atoms with van der Waals surface area (Å²) in [6.45, 7) is 4.23. The molecule has 6 nitrogen and oxygen atoms in total. The van der Waals surface area contributed by atoms with Crippen molar-refractivity contribution in [2.75, 3.05) is 26.2 Å². The van der Waals surface area contributed by atoms with Crippen LogP contribution in [0.5, 0.6) is 0 Å². The highest BCUT2D eigenvalue weighted by Crippen LogP contribution is 2.39. The van der Waals surface area contributed by atoms with E-state index in [0.717, 1.165) is 39.0 Å². The number of aliphatic hydroxyl groups is 1. The molecule has 1 aromatic rings. The van der Waals surface area contributed by atoms with Crippen molar-refractivity contribution in [1.29, 1.82) is 0 Å². The molecule has 126 valence electrons. The van der Waals surface area contributed by atoms with Gasteiger partial charge in [-0.1, -0.05) is 0 Å². The van der Waals surface area contributed by atoms with Crippen LogP contribution in [0.4, 0.5) is 0 Å². The fourth-order valence-electron chi connectivity index (χ4n) is 4.71. The quantitative estimate of drug-likeness (QED) is 0.885. The Balaban J connectivity index is 1.38. The summed E-state index contributed by atoms with van der Waals surface area (Å²) in [6, 6.07) is 2.15. The van der Waals surface area contributed by atoms with Crippen LogP contribution < -0.4 is 0 Å². The van der Waals surface area contributed by atoms with E-state index in [9.17, 15) is 9.90 Å². The first-order valence-electron chi connectivity index (χ1n) is 8.88. The lowest BCUT2D eigenvalue weighted by molar-refractivity contribution is -0.131. The van der Waals surface area contributed by atoms with Crippen LogP contribution in [0.15, 0.2) is 18.5 Å². The van der Waals surface area contributed by atoms with E-state index in [0.29, 0.717) is 24.4 Å². The summed E-state index contributed by atoms with van der Waals surface area (Å²) in [5.74, 6) is 1.16. The first-order chi connectivity index (χ1) is 11.2. The van der Waals surface area contributed by atoms with Crippen molar-refractivity contribution in [3.05, 3.63) is 18.5 Å². The van der Waals surface area contributed by atoms with Crippen molar-refractivity contribution in [3.63, 3.8) is 0 Å². The fourth-order valence-corrected chi connectivity index (χ4v) is 4.71. The van der Waals surface area contributed by atoms with Crippen LogP contribution in [-0.4, -0.2) is 68.9 Å². The molecule has 1 aliphatic carbocycles. The second kappa shape index (κ2) is 6.24. The summed E-state index contributed by atoms with van der Waals surface area (Å²) < 4.78 is 1.69. The molecule has 1 amide bonds. The lowest BCUT2D eigenvalue weighted by Crippen LogP contribution is -2.48. The molecule has 6 heteroatoms. The van der Waals surface area contributed by atoms with Gasteiger partial charge < -0.3 is 10.0 Å². The van der Waals surface area contributed by atoms with Gasteiger partial charge in [-0.15, -0.1) is 0 Å². The summed E-state index contributed by atoms with van der Waals surface area (Å²) in [5.41, 5.74) is 0. The zero-order valence-corrected chi connectivity index (χ0v) is 13.5. The second-order valence-electron chi connectivity index (χ2n) is 7.37. The van der Waals surface area contributed by atoms with Crippen molar-refractivity contribution < 1.29 is 9.90 Å². The minimum absolute atomic E-state index is 0.148. The van der Waals surface area contributed by atoms with Crippen LogP contribution in [0, 0.1) is 11.8 Å². The van der Waals surface area contributed by atoms with E-state index in [4.69, 9.17) is 0 Å². The molecule has 23 heavy (non-hydrogen) atoms. The van der Waals surface area contributed by atoms with Gasteiger partial charge in [-0.3, -0.25) is 14.4 Å². The van der Waals surface area contributed by atoms with E-state index >= 15 is 0 Å². The average molecular weight is 318 g/mol. The molecule has 3 fully saturated rings. The number of aliphatic hydroxyl groups excluding tert-OH is 1. The zero-order valence-electron chi connectivity index (χ0n) is 13.5. The summed E-state index contributed by atoms with van der Waals surface area (Å²) >= 11 is 0. The lowest BCUT2D eigenvalue weighted by Gasteiger charge is -2.40. The highest BCUT2D eigenvalue weighted by molar-refractivity contribution is 5.76. The largest absolute Gasteiger partial charge is 0.391 e. The molecule has 0 bridgehead atoms. The minimum atomic E-state index is -0.226. The fraction of sp³-hybridized carbons (Fsp3) is 0.765. The number of likely N-dealkylation sites (tertiary alicyclic amines) is 2. The number of hydrogen-bond donors (Lipinski definition) is 1. The number of fused-ring (bicyclic) bond motifs is 1. The molecule has 2 aliphatic heterocycles. The molecular formula is C17H26N4O2. The smallest absolute Gasteiger partial charge is 0.244 e. The van der Waals surface area contributed by atoms with Gasteiger partial charge in [-0.2, -0.15) is 5.10 Å². The molecule has 3 aliphatic rings. The number of rotatable bonds is 3. The summed E-state index contributed by atoms with van der Waals surface area (Å²) in [4.78, 5) is 16.9. The Labute approximate surface area is 137 Å². The summed E-state index contributed by atoms with van der Waals surface area (Å²) in [7, 11) is 0. The van der Waals surface area contributed by atoms with Crippen LogP contribution in [-0.2, 0) is 11.3 Å². The van der Waals surface area contributed by atoms with Gasteiger partial charge in [-0.25, -0.2) is 0 Å². The Kier molecular flexibility index (Phi) is 4.11. The van der Waals surface area contributed by atoms with E-state index in [2.05, 4.69) is 10.00 Å². The van der Waals surface area contributed by atoms with Crippen molar-refractivity contribution in [2.45, 2.75) is 44.4 Å². The van der Waals surface area contributed by atoms with Crippen LogP contribution >= 0.6 is 0 Å². The molecule has 0 radical (unpaired) electrons. The average Bonchev–Trinajstić information content (AvgIpc) is 3.27. The monoisotopic (exact) mass is 318 g/mol. The highest BCUT2D eigenvalue weighted by Gasteiger charge is 2.44. The van der Waals surface area contributed by atoms with Crippen LogP contribution in [0.1, 0.15) is 25.7 Å². The molecule has 4 rings (SSSR count). The van der Waals surface area contributed by atoms with Gasteiger partial charge in [0, 0.05) is 31.5 Å². The molecular weight excluding hydrogens is 292 g/mol. The van der Waals surface area contributed by atoms with Crippen LogP contribution in [0.2, 0.25) is 0 Å². The topological polar surface area (TPSA) is 61.6 Å². The molecule has 3 heterocycles. The summed E-state index contributed by atoms with van der Waals surface area (Å²) in [6.07, 6.45) is 7.70. The number of carbonyl (C=O) groups is 1. The Morgan fingerprint density at radius 1 is 1.17 bits per heavy atom. The lowest BCUT2D eigenvalue weighted by atomic mass is 9.77. The van der Waals surface area contributed by atoms with Crippen molar-refractivity contribution in [3.8, 4) is 0 Å². The maximum atomic E-state index is 12.5. The first kappa shape index (κ1) is 15.1. The predicted molar refractivity (Wildman–Crippen MR) is 85.6 cm³/mol. The van der Waals surface area contributed by atoms with E-state index in [1.807, 2.05) is 17.2 Å². The molecule has 2 saturated heterocycles. The number of amides is 1. The highest BCUT2D eigenvalue weighted by atomic mass is 16.3. The number of hydrogen-bond acceptors (Lipinski definition) is 4. The Morgan fingerprint density at radius 3 is 2.61 bits per heavy atom. The van der Waals surface area contributed by atoms with Gasteiger partial charge in [0.15, 0.2) is 0 Å². The van der Waals surface area contributed by atoms with E-state index < -0.39 is 0 Å². The molecule has 4 atom stereocenters. The Bertz CT molecular complexity index is 541. The van der Waals surface area contributed by atoms with Crippen LogP contribution in [0.25, 0.3) is 0 Å². The zero-order chi connectivity index (χ0) is 15.8. The van der Waals surface area contributed by atoms with Gasteiger partial charge in [0.1, 0.15) is 6.54 Å². The SMILES string of the molecule is O=C(Cn1cccn1)N1C[C@H]2C[C@@H](N3CCCC3)[C@H](O)C[C@H]2C1. The second-order valence-corrected chi connectivity index (χ2v) is 7.37. The molecule has 0 unspecified atom stereocenters. The van der Waals surface area contributed by atoms with Gasteiger partial charge in [0.25, 0.3) is 0 Å². The standard InChI is InChI=1S/C17H26N4O2/c22-16-9-14-11-20(17(23)12-21-7-3-4-18-21)10-13(14)8-15(16)19-5-1-2-6-19/h3-4,7,13-16,22H,1-2,5-6,8-12H2/t13-,14+,15-,16-/m1/s1. The van der Waals surface area contributed by atoms with E-state index in [1.165, 1.54) is 12.8 Å². The maximum absolute atomic E-state index is 12.5. The third-order valence-electron chi connectivity index (χ3n) is 5.93. The number of carbonyl (C=O) groups excluding carboxylic acids is 1. The third kappa shape index (κ3) is 3.02. The first-order valence-corrected chi connectivity index (χ1v) is 8.88. The molecule has 1 saturated carbocycles. The van der Waals surface area contributed by atoms with E-state index in [1.54, 1.807) is 10.9 Å². The normalized spacial score (nSPS) is 34.7. The number of nitrogens with zero attached hydrogens (tertiary/aromatic N) is 4. The summed E-state index contributed by atoms with van der Waals surface area (Å²) in [5, 5.41) is 14.7. The van der Waals surface area contributed by atoms with Crippen molar-refractivity contribution >= 4 is 5.91 Å². The third-order valence-corrected chi connectivity index (χ3v) is 5.93. The van der Waals surface area contributed by atoms with Crippen molar-refractivity contribution in [2.24, 2.45) is 11.8 Å². The van der Waals surface area contributed by atoms with E-state index in [-0.39, 0.29) is 12.0 Å². The Hall–Kier alpha value is -1.40. The maximum Gasteiger partial charge on any atom is 0.244 e. The molecule has 1 aromatic heterocycles. The minimum Gasteiger partial charge on any atom is -0.391 e. The Morgan fingerprint density at radius 2 is 1.91 bits per heavy atom. The van der Waals surface area contributed by atoms with Gasteiger partial charge in [0.05, 0.1) is 6.10 Å². The van der Waals surface area contributed by atoms with Crippen LogP contribution in [0.3, 0.4) is 0 Å². The molecule has 1 N–H and O–H groups in total. The predicted octanol–water partition coefficient (Wildman–Crippen LogP) is 0.577. The van der Waals surface area contributed by atoms with Gasteiger partial charge in [-0.05, 0) is 56.7 Å². The molecule has 0 spiro atoms. The van der Waals surface area contributed by atoms with Gasteiger partial charge in [0.2, 0.25) is 5.91 Å². The van der Waals surface area contributed by atoms with Crippen molar-refractivity contribution in [1.82, 2.24) is 19.6 Å².